The molecule has 0 radical (unpaired) electrons. The lowest BCUT2D eigenvalue weighted by molar-refractivity contribution is 0.383. The SMILES string of the molecule is C[Si](C)(C)OCCl. The van der Waals surface area contributed by atoms with Crippen LogP contribution in [0.1, 0.15) is 0 Å². The number of hydrogen-bond donors (Lipinski definition) is 0. The summed E-state index contributed by atoms with van der Waals surface area (Å²) in [5, 5.41) is 0. The summed E-state index contributed by atoms with van der Waals surface area (Å²) in [6.45, 7) is 6.32. The van der Waals surface area contributed by atoms with Crippen molar-refractivity contribution >= 4 is 19.9 Å². The molecular formula is C4H11ClOSi. The minimum Gasteiger partial charge on any atom is -0.404 e. The normalized spacial score (nSPS) is 12.0. The predicted molar refractivity (Wildman–Crippen MR) is 35.2 cm³/mol. The Morgan fingerprint density at radius 3 is 1.86 bits per heavy atom. The van der Waals surface area contributed by atoms with Gasteiger partial charge in [-0.15, -0.1) is 0 Å². The van der Waals surface area contributed by atoms with Crippen LogP contribution < -0.4 is 0 Å². The maximum absolute atomic E-state index is 5.30. The van der Waals surface area contributed by atoms with Crippen molar-refractivity contribution in [2.75, 3.05) is 6.07 Å². The van der Waals surface area contributed by atoms with E-state index in [4.69, 9.17) is 16.0 Å². The Balaban J connectivity index is 3.15. The van der Waals surface area contributed by atoms with E-state index in [1.54, 1.807) is 0 Å². The second kappa shape index (κ2) is 2.70. The van der Waals surface area contributed by atoms with Crippen molar-refractivity contribution in [2.45, 2.75) is 19.6 Å². The quantitative estimate of drug-likeness (QED) is 0.419. The van der Waals surface area contributed by atoms with Crippen LogP contribution in [0.2, 0.25) is 19.6 Å². The van der Waals surface area contributed by atoms with Crippen molar-refractivity contribution in [1.82, 2.24) is 0 Å². The molecule has 0 rings (SSSR count). The van der Waals surface area contributed by atoms with Crippen molar-refractivity contribution in [3.8, 4) is 0 Å². The number of halogens is 1. The Labute approximate surface area is 50.8 Å². The smallest absolute Gasteiger partial charge is 0.185 e. The Kier molecular flexibility index (Phi) is 2.88. The molecule has 0 aliphatic heterocycles. The molecule has 0 saturated carbocycles. The molecule has 0 aromatic rings. The van der Waals surface area contributed by atoms with Gasteiger partial charge in [-0.25, -0.2) is 0 Å². The first-order valence-electron chi connectivity index (χ1n) is 2.26. The molecular weight excluding hydrogens is 128 g/mol. The summed E-state index contributed by atoms with van der Waals surface area (Å²) in [5.74, 6) is 0. The van der Waals surface area contributed by atoms with E-state index in [1.807, 2.05) is 0 Å². The zero-order chi connectivity index (χ0) is 5.91. The number of hydrogen-bond acceptors (Lipinski definition) is 1. The Bertz CT molecular complexity index is 50.1. The van der Waals surface area contributed by atoms with Gasteiger partial charge in [-0.2, -0.15) is 0 Å². The maximum atomic E-state index is 5.30. The minimum atomic E-state index is -1.29. The summed E-state index contributed by atoms with van der Waals surface area (Å²) in [5.41, 5.74) is 0. The maximum Gasteiger partial charge on any atom is 0.185 e. The third-order valence-corrected chi connectivity index (χ3v) is 1.79. The monoisotopic (exact) mass is 138 g/mol. The first-order chi connectivity index (χ1) is 3.06. The van der Waals surface area contributed by atoms with E-state index in [0.29, 0.717) is 6.07 Å². The van der Waals surface area contributed by atoms with Crippen LogP contribution >= 0.6 is 11.6 Å². The van der Waals surface area contributed by atoms with Gasteiger partial charge in [0.05, 0.1) is 0 Å². The molecule has 3 heteroatoms. The first kappa shape index (κ1) is 7.47. The molecule has 1 nitrogen and oxygen atoms in total. The highest BCUT2D eigenvalue weighted by atomic mass is 35.5. The third kappa shape index (κ3) is 6.47. The summed E-state index contributed by atoms with van der Waals surface area (Å²) in [7, 11) is -1.29. The van der Waals surface area contributed by atoms with E-state index in [0.717, 1.165) is 0 Å². The fourth-order valence-corrected chi connectivity index (χ4v) is 1.47. The van der Waals surface area contributed by atoms with Crippen molar-refractivity contribution in [3.05, 3.63) is 0 Å². The van der Waals surface area contributed by atoms with Crippen LogP contribution in [-0.4, -0.2) is 14.4 Å². The van der Waals surface area contributed by atoms with Crippen LogP contribution in [0.4, 0.5) is 0 Å². The molecule has 0 saturated heterocycles. The average Bonchev–Trinajstić information content (AvgIpc) is 1.30. The van der Waals surface area contributed by atoms with E-state index < -0.39 is 8.32 Å². The van der Waals surface area contributed by atoms with Crippen LogP contribution in [-0.2, 0) is 4.43 Å². The molecule has 0 atom stereocenters. The van der Waals surface area contributed by atoms with E-state index in [9.17, 15) is 0 Å². The van der Waals surface area contributed by atoms with Gasteiger partial charge in [0.2, 0.25) is 0 Å². The molecule has 0 N–H and O–H groups in total. The highest BCUT2D eigenvalue weighted by Crippen LogP contribution is 2.01. The molecule has 0 spiro atoms. The fourth-order valence-electron chi connectivity index (χ4n) is 0.164. The molecule has 0 unspecified atom stereocenters. The molecule has 7 heavy (non-hydrogen) atoms. The second-order valence-electron chi connectivity index (χ2n) is 2.37. The highest BCUT2D eigenvalue weighted by Gasteiger charge is 2.11. The van der Waals surface area contributed by atoms with Gasteiger partial charge < -0.3 is 4.43 Å². The van der Waals surface area contributed by atoms with Gasteiger partial charge in [-0.1, -0.05) is 11.6 Å². The molecule has 0 aliphatic rings. The third-order valence-electron chi connectivity index (χ3n) is 0.488. The molecule has 44 valence electrons. The van der Waals surface area contributed by atoms with E-state index in [1.165, 1.54) is 0 Å². The molecule has 0 bridgehead atoms. The predicted octanol–water partition coefficient (Wildman–Crippen LogP) is 2.03. The van der Waals surface area contributed by atoms with Crippen LogP contribution in [0.25, 0.3) is 0 Å². The average molecular weight is 139 g/mol. The lowest BCUT2D eigenvalue weighted by atomic mass is 11.7. The van der Waals surface area contributed by atoms with E-state index in [2.05, 4.69) is 19.6 Å². The summed E-state index contributed by atoms with van der Waals surface area (Å²) in [4.78, 5) is 0. The Morgan fingerprint density at radius 2 is 1.86 bits per heavy atom. The van der Waals surface area contributed by atoms with Crippen LogP contribution in [0.15, 0.2) is 0 Å². The van der Waals surface area contributed by atoms with Gasteiger partial charge in [-0.3, -0.25) is 0 Å². The minimum absolute atomic E-state index is 0.343. The summed E-state index contributed by atoms with van der Waals surface area (Å²) >= 11 is 5.30. The van der Waals surface area contributed by atoms with Crippen LogP contribution in [0, 0.1) is 0 Å². The van der Waals surface area contributed by atoms with Crippen molar-refractivity contribution in [3.63, 3.8) is 0 Å². The standard InChI is InChI=1S/C4H11ClOSi/c1-7(2,3)6-4-5/h4H2,1-3H3. The topological polar surface area (TPSA) is 9.23 Å². The van der Waals surface area contributed by atoms with Crippen molar-refractivity contribution in [1.29, 1.82) is 0 Å². The summed E-state index contributed by atoms with van der Waals surface area (Å²) in [6.07, 6.45) is 0. The van der Waals surface area contributed by atoms with Gasteiger partial charge >= 0.3 is 0 Å². The van der Waals surface area contributed by atoms with Gasteiger partial charge in [-0.05, 0) is 19.6 Å². The molecule has 0 aromatic heterocycles. The molecule has 0 aromatic carbocycles. The van der Waals surface area contributed by atoms with Crippen molar-refractivity contribution in [2.24, 2.45) is 0 Å². The zero-order valence-corrected chi connectivity index (χ0v) is 6.75. The van der Waals surface area contributed by atoms with Gasteiger partial charge in [0, 0.05) is 0 Å². The van der Waals surface area contributed by atoms with E-state index >= 15 is 0 Å². The van der Waals surface area contributed by atoms with E-state index in [-0.39, 0.29) is 0 Å². The van der Waals surface area contributed by atoms with Crippen LogP contribution in [0.5, 0.6) is 0 Å². The number of alkyl halides is 1. The van der Waals surface area contributed by atoms with Gasteiger partial charge in [0.15, 0.2) is 8.32 Å². The zero-order valence-electron chi connectivity index (χ0n) is 4.99. The molecule has 0 heterocycles. The second-order valence-corrected chi connectivity index (χ2v) is 7.10. The largest absolute Gasteiger partial charge is 0.404 e. The Morgan fingerprint density at radius 1 is 1.43 bits per heavy atom. The lowest BCUT2D eigenvalue weighted by Crippen LogP contribution is -2.24. The highest BCUT2D eigenvalue weighted by molar-refractivity contribution is 6.70. The first-order valence-corrected chi connectivity index (χ1v) is 6.20. The number of rotatable bonds is 2. The summed E-state index contributed by atoms with van der Waals surface area (Å²) in [6, 6.07) is 0.343. The summed E-state index contributed by atoms with van der Waals surface area (Å²) < 4.78 is 5.13. The fraction of sp³-hybridized carbons (Fsp3) is 1.00. The van der Waals surface area contributed by atoms with Crippen LogP contribution in [0.3, 0.4) is 0 Å². The molecule has 0 fully saturated rings. The van der Waals surface area contributed by atoms with Gasteiger partial charge in [0.1, 0.15) is 6.07 Å². The Hall–Kier alpha value is 0.467. The van der Waals surface area contributed by atoms with Gasteiger partial charge in [0.25, 0.3) is 0 Å². The lowest BCUT2D eigenvalue weighted by Gasteiger charge is -2.13. The van der Waals surface area contributed by atoms with Crippen molar-refractivity contribution < 1.29 is 4.43 Å². The molecule has 0 amide bonds. The molecule has 0 aliphatic carbocycles.